The Labute approximate surface area is 112 Å². The lowest BCUT2D eigenvalue weighted by atomic mass is 10.1. The minimum atomic E-state index is -3.00. The summed E-state index contributed by atoms with van der Waals surface area (Å²) in [4.78, 5) is 13.8. The molecule has 0 radical (unpaired) electrons. The molecule has 1 aromatic carbocycles. The number of ether oxygens (including phenoxy) is 1. The maximum atomic E-state index is 12.3. The fraction of sp³-hybridized carbons (Fsp3) is 0.417. The Morgan fingerprint density at radius 3 is 2.53 bits per heavy atom. The molecule has 1 aliphatic heterocycles. The van der Waals surface area contributed by atoms with Crippen LogP contribution in [0.25, 0.3) is 0 Å². The molecule has 0 bridgehead atoms. The number of nitrogens with zero attached hydrogens (tertiary/aromatic N) is 1. The monoisotopic (exact) mass is 284 g/mol. The van der Waals surface area contributed by atoms with Gasteiger partial charge in [0.2, 0.25) is 0 Å². The molecule has 1 saturated heterocycles. The van der Waals surface area contributed by atoms with Crippen LogP contribution in [0, 0.1) is 0 Å². The van der Waals surface area contributed by atoms with Crippen LogP contribution in [0.15, 0.2) is 18.2 Å². The summed E-state index contributed by atoms with van der Waals surface area (Å²) in [5, 5.41) is 0. The smallest absolute Gasteiger partial charge is 0.256 e. The van der Waals surface area contributed by atoms with Crippen molar-refractivity contribution in [3.05, 3.63) is 23.8 Å². The van der Waals surface area contributed by atoms with Crippen LogP contribution in [0.2, 0.25) is 0 Å². The van der Waals surface area contributed by atoms with E-state index < -0.39 is 9.84 Å². The predicted octanol–water partition coefficient (Wildman–Crippen LogP) is 0.148. The van der Waals surface area contributed by atoms with Crippen molar-refractivity contribution in [1.29, 1.82) is 0 Å². The van der Waals surface area contributed by atoms with Gasteiger partial charge in [-0.1, -0.05) is 6.07 Å². The highest BCUT2D eigenvalue weighted by molar-refractivity contribution is 7.91. The lowest BCUT2D eigenvalue weighted by Gasteiger charge is -2.27. The Morgan fingerprint density at radius 2 is 1.95 bits per heavy atom. The van der Waals surface area contributed by atoms with E-state index in [1.807, 2.05) is 0 Å². The maximum absolute atomic E-state index is 12.3. The second-order valence-corrected chi connectivity index (χ2v) is 6.67. The van der Waals surface area contributed by atoms with E-state index in [2.05, 4.69) is 0 Å². The number of hydrogen-bond acceptors (Lipinski definition) is 5. The van der Waals surface area contributed by atoms with E-state index in [-0.39, 0.29) is 36.2 Å². The van der Waals surface area contributed by atoms with Crippen LogP contribution < -0.4 is 10.5 Å². The van der Waals surface area contributed by atoms with Gasteiger partial charge in [-0.15, -0.1) is 0 Å². The molecule has 0 aromatic heterocycles. The quantitative estimate of drug-likeness (QED) is 0.781. The zero-order valence-electron chi connectivity index (χ0n) is 10.6. The van der Waals surface area contributed by atoms with E-state index in [0.717, 1.165) is 0 Å². The molecule has 1 aromatic rings. The summed E-state index contributed by atoms with van der Waals surface area (Å²) < 4.78 is 27.7. The highest BCUT2D eigenvalue weighted by Gasteiger charge is 2.27. The van der Waals surface area contributed by atoms with Crippen molar-refractivity contribution in [1.82, 2.24) is 4.90 Å². The number of nitrogens with two attached hydrogens (primary N) is 1. The summed E-state index contributed by atoms with van der Waals surface area (Å²) in [6.45, 7) is 0.412. The van der Waals surface area contributed by atoms with Crippen LogP contribution in [0.5, 0.6) is 5.75 Å². The number of sulfone groups is 1. The third-order valence-corrected chi connectivity index (χ3v) is 4.76. The van der Waals surface area contributed by atoms with Crippen LogP contribution >= 0.6 is 0 Å². The molecule has 104 valence electrons. The molecular weight excluding hydrogens is 268 g/mol. The number of benzene rings is 1. The minimum absolute atomic E-state index is 0.00259. The molecule has 6 nitrogen and oxygen atoms in total. The van der Waals surface area contributed by atoms with Gasteiger partial charge in [0.25, 0.3) is 5.91 Å². The zero-order chi connectivity index (χ0) is 14.0. The van der Waals surface area contributed by atoms with Crippen molar-refractivity contribution in [3.8, 4) is 5.75 Å². The predicted molar refractivity (Wildman–Crippen MR) is 72.0 cm³/mol. The molecule has 7 heteroatoms. The third kappa shape index (κ3) is 2.81. The van der Waals surface area contributed by atoms with Crippen LogP contribution in [0.3, 0.4) is 0 Å². The molecule has 19 heavy (non-hydrogen) atoms. The minimum Gasteiger partial charge on any atom is -0.495 e. The molecule has 1 amide bonds. The average Bonchev–Trinajstić information content (AvgIpc) is 2.38. The molecule has 0 atom stereocenters. The molecule has 1 fully saturated rings. The summed E-state index contributed by atoms with van der Waals surface area (Å²) in [5.41, 5.74) is 6.49. The van der Waals surface area contributed by atoms with Gasteiger partial charge in [-0.2, -0.15) is 0 Å². The van der Waals surface area contributed by atoms with Crippen molar-refractivity contribution in [3.63, 3.8) is 0 Å². The van der Waals surface area contributed by atoms with E-state index in [0.29, 0.717) is 11.3 Å². The maximum Gasteiger partial charge on any atom is 0.256 e. The van der Waals surface area contributed by atoms with Gasteiger partial charge in [0.15, 0.2) is 9.84 Å². The first-order valence-electron chi connectivity index (χ1n) is 5.87. The number of amides is 1. The first-order chi connectivity index (χ1) is 8.94. The lowest BCUT2D eigenvalue weighted by Crippen LogP contribution is -2.43. The molecule has 0 spiro atoms. The number of carbonyl (C=O) groups is 1. The number of carbonyl (C=O) groups excluding carboxylic acids is 1. The van der Waals surface area contributed by atoms with Crippen LogP contribution in [-0.4, -0.2) is 50.9 Å². The van der Waals surface area contributed by atoms with E-state index in [1.165, 1.54) is 12.0 Å². The van der Waals surface area contributed by atoms with Gasteiger partial charge in [0.05, 0.1) is 29.9 Å². The normalized spacial score (nSPS) is 18.1. The van der Waals surface area contributed by atoms with Gasteiger partial charge in [0.1, 0.15) is 5.75 Å². The van der Waals surface area contributed by atoms with Gasteiger partial charge in [-0.05, 0) is 12.1 Å². The summed E-state index contributed by atoms with van der Waals surface area (Å²) in [5.74, 6) is 0.187. The topological polar surface area (TPSA) is 89.7 Å². The van der Waals surface area contributed by atoms with Gasteiger partial charge in [0, 0.05) is 13.1 Å². The highest BCUT2D eigenvalue weighted by atomic mass is 32.2. The Morgan fingerprint density at radius 1 is 1.32 bits per heavy atom. The molecule has 2 rings (SSSR count). The van der Waals surface area contributed by atoms with Crippen molar-refractivity contribution in [2.75, 3.05) is 37.4 Å². The van der Waals surface area contributed by atoms with Crippen molar-refractivity contribution in [2.24, 2.45) is 0 Å². The fourth-order valence-corrected chi connectivity index (χ4v) is 3.20. The van der Waals surface area contributed by atoms with Crippen molar-refractivity contribution in [2.45, 2.75) is 0 Å². The third-order valence-electron chi connectivity index (χ3n) is 3.15. The summed E-state index contributed by atoms with van der Waals surface area (Å²) in [7, 11) is -1.52. The van der Waals surface area contributed by atoms with E-state index in [1.54, 1.807) is 18.2 Å². The molecular formula is C12H16N2O4S. The molecule has 2 N–H and O–H groups in total. The van der Waals surface area contributed by atoms with Gasteiger partial charge in [-0.25, -0.2) is 8.42 Å². The van der Waals surface area contributed by atoms with E-state index in [4.69, 9.17) is 10.5 Å². The lowest BCUT2D eigenvalue weighted by molar-refractivity contribution is 0.0771. The average molecular weight is 284 g/mol. The molecule has 1 heterocycles. The standard InChI is InChI=1S/C12H16N2O4S/c1-18-10-4-2-3-9(11(10)13)12(15)14-5-7-19(16,17)8-6-14/h2-4H,5-8,13H2,1H3. The number of nitrogen functional groups attached to an aromatic ring is 1. The molecule has 0 unspecified atom stereocenters. The molecule has 1 aliphatic rings. The van der Waals surface area contributed by atoms with Gasteiger partial charge >= 0.3 is 0 Å². The number of para-hydroxylation sites is 1. The second kappa shape index (κ2) is 5.08. The van der Waals surface area contributed by atoms with Crippen molar-refractivity contribution >= 4 is 21.4 Å². The Bertz CT molecular complexity index is 584. The zero-order valence-corrected chi connectivity index (χ0v) is 11.4. The van der Waals surface area contributed by atoms with Gasteiger partial charge < -0.3 is 15.4 Å². The Hall–Kier alpha value is -1.76. The highest BCUT2D eigenvalue weighted by Crippen LogP contribution is 2.26. The van der Waals surface area contributed by atoms with E-state index in [9.17, 15) is 13.2 Å². The van der Waals surface area contributed by atoms with Crippen molar-refractivity contribution < 1.29 is 17.9 Å². The number of hydrogen-bond donors (Lipinski definition) is 1. The SMILES string of the molecule is COc1cccc(C(=O)N2CCS(=O)(=O)CC2)c1N. The first kappa shape index (κ1) is 13.7. The largest absolute Gasteiger partial charge is 0.495 e. The van der Waals surface area contributed by atoms with Crippen LogP contribution in [-0.2, 0) is 9.84 Å². The van der Waals surface area contributed by atoms with Gasteiger partial charge in [-0.3, -0.25) is 4.79 Å². The van der Waals surface area contributed by atoms with Crippen LogP contribution in [0.4, 0.5) is 5.69 Å². The summed E-state index contributed by atoms with van der Waals surface area (Å²) >= 11 is 0. The fourth-order valence-electron chi connectivity index (χ4n) is 1.99. The number of methoxy groups -OCH3 is 1. The number of anilines is 1. The summed E-state index contributed by atoms with van der Waals surface area (Å²) in [6.07, 6.45) is 0. The molecule has 0 saturated carbocycles. The van der Waals surface area contributed by atoms with E-state index >= 15 is 0 Å². The molecule has 0 aliphatic carbocycles. The number of rotatable bonds is 2. The summed E-state index contributed by atoms with van der Waals surface area (Å²) in [6, 6.07) is 4.97. The Kier molecular flexibility index (Phi) is 3.66. The Balaban J connectivity index is 2.21. The van der Waals surface area contributed by atoms with Crippen LogP contribution in [0.1, 0.15) is 10.4 Å². The first-order valence-corrected chi connectivity index (χ1v) is 7.69. The second-order valence-electron chi connectivity index (χ2n) is 4.37.